The van der Waals surface area contributed by atoms with Crippen molar-refractivity contribution in [3.05, 3.63) is 98.3 Å². The van der Waals surface area contributed by atoms with Crippen LogP contribution in [0.4, 0.5) is 17.6 Å². The van der Waals surface area contributed by atoms with Gasteiger partial charge in [-0.15, -0.1) is 0 Å². The van der Waals surface area contributed by atoms with E-state index >= 15 is 0 Å². The lowest BCUT2D eigenvalue weighted by atomic mass is 9.86. The molecular formula is C26H20Cl2F4N2O3S. The summed E-state index contributed by atoms with van der Waals surface area (Å²) in [6.07, 6.45) is -4.32. The Bertz CT molecular complexity index is 1550. The number of halogens is 6. The van der Waals surface area contributed by atoms with Gasteiger partial charge in [-0.2, -0.15) is 17.5 Å². The van der Waals surface area contributed by atoms with E-state index in [0.29, 0.717) is 4.90 Å². The van der Waals surface area contributed by atoms with Crippen LogP contribution in [0.25, 0.3) is 0 Å². The Labute approximate surface area is 226 Å². The third-order valence-corrected chi connectivity index (χ3v) is 8.61. The van der Waals surface area contributed by atoms with E-state index in [1.165, 1.54) is 30.5 Å². The molecule has 0 aliphatic carbocycles. The molecule has 2 unspecified atom stereocenters. The minimum absolute atomic E-state index is 0.0651. The van der Waals surface area contributed by atoms with Gasteiger partial charge in [0.1, 0.15) is 0 Å². The van der Waals surface area contributed by atoms with Crippen LogP contribution in [0.5, 0.6) is 0 Å². The fourth-order valence-electron chi connectivity index (χ4n) is 4.31. The number of carbonyl (C=O) groups is 1. The second-order valence-corrected chi connectivity index (χ2v) is 11.9. The van der Waals surface area contributed by atoms with Gasteiger partial charge >= 0.3 is 6.18 Å². The molecule has 5 nitrogen and oxygen atoms in total. The van der Waals surface area contributed by atoms with E-state index in [9.17, 15) is 26.6 Å². The van der Waals surface area contributed by atoms with Crippen molar-refractivity contribution in [3.8, 4) is 0 Å². The summed E-state index contributed by atoms with van der Waals surface area (Å²) in [7, 11) is -3.06. The number of benzene rings is 3. The van der Waals surface area contributed by atoms with Gasteiger partial charge < -0.3 is 4.84 Å². The predicted molar refractivity (Wildman–Crippen MR) is 138 cm³/mol. The summed E-state index contributed by atoms with van der Waals surface area (Å²) in [6, 6.07) is 12.4. The minimum atomic E-state index is -4.95. The quantitative estimate of drug-likeness (QED) is 0.233. The zero-order chi connectivity index (χ0) is 28.0. The minimum Gasteiger partial charge on any atom is -0.374 e. The largest absolute Gasteiger partial charge is 0.435 e. The van der Waals surface area contributed by atoms with E-state index in [-0.39, 0.29) is 16.8 Å². The first-order valence-electron chi connectivity index (χ1n) is 11.1. The molecular weight excluding hydrogens is 567 g/mol. The van der Waals surface area contributed by atoms with Gasteiger partial charge in [0, 0.05) is 23.8 Å². The van der Waals surface area contributed by atoms with Crippen molar-refractivity contribution in [1.82, 2.24) is 0 Å². The van der Waals surface area contributed by atoms with Crippen LogP contribution in [0, 0.1) is 19.7 Å². The molecule has 0 saturated carbocycles. The van der Waals surface area contributed by atoms with Crippen molar-refractivity contribution in [2.75, 3.05) is 6.26 Å². The highest BCUT2D eigenvalue weighted by atomic mass is 35.5. The van der Waals surface area contributed by atoms with E-state index in [4.69, 9.17) is 28.0 Å². The zero-order valence-corrected chi connectivity index (χ0v) is 22.5. The number of nitrogens with zero attached hydrogens (tertiary/aromatic N) is 2. The van der Waals surface area contributed by atoms with Crippen molar-refractivity contribution in [3.63, 3.8) is 0 Å². The normalized spacial score (nSPS) is 18.9. The predicted octanol–water partition coefficient (Wildman–Crippen LogP) is 7.63. The van der Waals surface area contributed by atoms with Gasteiger partial charge in [0.05, 0.1) is 30.4 Å². The second-order valence-electron chi connectivity index (χ2n) is 8.88. The Morgan fingerprint density at radius 3 is 2.13 bits per heavy atom. The summed E-state index contributed by atoms with van der Waals surface area (Å²) < 4.78 is 73.7. The molecule has 0 aromatic heterocycles. The second kappa shape index (κ2) is 9.98. The highest BCUT2D eigenvalue weighted by molar-refractivity contribution is 7.93. The van der Waals surface area contributed by atoms with Crippen molar-refractivity contribution >= 4 is 44.5 Å². The van der Waals surface area contributed by atoms with E-state index in [1.807, 2.05) is 6.07 Å². The molecule has 0 fully saturated rings. The lowest BCUT2D eigenvalue weighted by Crippen LogP contribution is -2.42. The van der Waals surface area contributed by atoms with Crippen LogP contribution in [-0.4, -0.2) is 28.3 Å². The molecule has 0 bridgehead atoms. The Kier molecular flexibility index (Phi) is 7.37. The number of alkyl halides is 3. The van der Waals surface area contributed by atoms with Crippen molar-refractivity contribution in [2.45, 2.75) is 36.9 Å². The first-order valence-corrected chi connectivity index (χ1v) is 13.7. The summed E-state index contributed by atoms with van der Waals surface area (Å²) in [5, 5.41) is 2.46. The summed E-state index contributed by atoms with van der Waals surface area (Å²) >= 11 is 11.5. The van der Waals surface area contributed by atoms with Crippen LogP contribution < -0.4 is 0 Å². The van der Waals surface area contributed by atoms with Crippen LogP contribution in [0.2, 0.25) is 10.0 Å². The molecule has 4 rings (SSSR count). The van der Waals surface area contributed by atoms with E-state index in [0.717, 1.165) is 23.3 Å². The highest BCUT2D eigenvalue weighted by Crippen LogP contribution is 2.50. The third kappa shape index (κ3) is 5.04. The molecule has 1 aliphatic heterocycles. The molecule has 3 aromatic carbocycles. The maximum Gasteiger partial charge on any atom is 0.435 e. The van der Waals surface area contributed by atoms with Crippen LogP contribution in [0.15, 0.2) is 69.0 Å². The number of hydrogen-bond acceptors (Lipinski definition) is 4. The van der Waals surface area contributed by atoms with Gasteiger partial charge in [-0.1, -0.05) is 58.7 Å². The Balaban J connectivity index is 1.63. The van der Waals surface area contributed by atoms with Crippen molar-refractivity contribution in [2.24, 2.45) is 9.52 Å². The molecule has 0 spiro atoms. The number of oxime groups is 1. The fourth-order valence-corrected chi connectivity index (χ4v) is 6.64. The molecule has 0 N–H and O–H groups in total. The van der Waals surface area contributed by atoms with E-state index in [1.54, 1.807) is 26.0 Å². The lowest BCUT2D eigenvalue weighted by Gasteiger charge is -2.29. The number of amides is 1. The van der Waals surface area contributed by atoms with Crippen LogP contribution in [0.1, 0.15) is 39.0 Å². The van der Waals surface area contributed by atoms with Crippen molar-refractivity contribution < 1.29 is 31.4 Å². The number of rotatable bonds is 4. The van der Waals surface area contributed by atoms with Gasteiger partial charge in [0.15, 0.2) is 5.82 Å². The van der Waals surface area contributed by atoms with Crippen molar-refractivity contribution in [1.29, 1.82) is 0 Å². The van der Waals surface area contributed by atoms with Gasteiger partial charge in [-0.05, 0) is 54.8 Å². The fraction of sp³-hybridized carbons (Fsp3) is 0.231. The molecule has 12 heteroatoms. The standard InChI is InChI=1S/C26H20Cl2F4N2O3S/c1-14-5-4-6-15(2)23(14)38(3,36)34-24(35)17-9-7-16(8-10-17)21-13-25(37-33-21,26(30,31)32)18-11-19(27)22(29)20(28)12-18/h4-12H,13H2,1-3H3. The van der Waals surface area contributed by atoms with Crippen LogP contribution in [-0.2, 0) is 20.2 Å². The highest BCUT2D eigenvalue weighted by Gasteiger charge is 2.62. The summed E-state index contributed by atoms with van der Waals surface area (Å²) in [5.41, 5.74) is -1.69. The molecule has 1 aliphatic rings. The van der Waals surface area contributed by atoms with E-state index < -0.39 is 55.3 Å². The molecule has 3 aromatic rings. The first kappa shape index (κ1) is 28.1. The van der Waals surface area contributed by atoms with Crippen LogP contribution in [0.3, 0.4) is 0 Å². The summed E-state index contributed by atoms with van der Waals surface area (Å²) in [4.78, 5) is 18.2. The average Bonchev–Trinajstić information content (AvgIpc) is 3.29. The molecule has 200 valence electrons. The topological polar surface area (TPSA) is 68.1 Å². The van der Waals surface area contributed by atoms with Gasteiger partial charge in [-0.25, -0.2) is 8.60 Å². The molecule has 1 amide bonds. The number of aryl methyl sites for hydroxylation is 2. The average molecular weight is 587 g/mol. The molecule has 0 radical (unpaired) electrons. The Hall–Kier alpha value is -2.95. The zero-order valence-electron chi connectivity index (χ0n) is 20.2. The third-order valence-electron chi connectivity index (χ3n) is 6.15. The molecule has 2 atom stereocenters. The molecule has 0 saturated heterocycles. The molecule has 1 heterocycles. The first-order chi connectivity index (χ1) is 17.7. The maximum atomic E-state index is 14.2. The number of hydrogen-bond donors (Lipinski definition) is 0. The summed E-state index contributed by atoms with van der Waals surface area (Å²) in [6.45, 7) is 3.55. The maximum absolute atomic E-state index is 14.2. The Morgan fingerprint density at radius 1 is 1.05 bits per heavy atom. The van der Waals surface area contributed by atoms with Crippen LogP contribution >= 0.6 is 23.2 Å². The molecule has 38 heavy (non-hydrogen) atoms. The van der Waals surface area contributed by atoms with Gasteiger partial charge in [0.25, 0.3) is 11.5 Å². The smallest absolute Gasteiger partial charge is 0.374 e. The SMILES string of the molecule is Cc1cccc(C)c1S(C)(=O)=NC(=O)c1ccc(C2=NOC(c3cc(Cl)c(F)c(Cl)c3)(C(F)(F)F)C2)cc1. The summed E-state index contributed by atoms with van der Waals surface area (Å²) in [5.74, 6) is -1.79. The number of carbonyl (C=O) groups excluding carboxylic acids is 1. The monoisotopic (exact) mass is 586 g/mol. The lowest BCUT2D eigenvalue weighted by molar-refractivity contribution is -0.275. The Morgan fingerprint density at radius 2 is 1.61 bits per heavy atom. The van der Waals surface area contributed by atoms with Gasteiger partial charge in [-0.3, -0.25) is 4.79 Å². The van der Waals surface area contributed by atoms with E-state index in [2.05, 4.69) is 9.52 Å². The van der Waals surface area contributed by atoms with Gasteiger partial charge in [0.2, 0.25) is 0 Å².